The van der Waals surface area contributed by atoms with E-state index in [9.17, 15) is 13.2 Å². The summed E-state index contributed by atoms with van der Waals surface area (Å²) in [5, 5.41) is 0. The number of rotatable bonds is 1. The first-order valence-electron chi connectivity index (χ1n) is 2.80. The molecule has 0 saturated heterocycles. The average molecular weight is 206 g/mol. The summed E-state index contributed by atoms with van der Waals surface area (Å²) in [6.45, 7) is 0. The van der Waals surface area contributed by atoms with Gasteiger partial charge in [0.1, 0.15) is 0 Å². The van der Waals surface area contributed by atoms with Crippen molar-refractivity contribution in [2.45, 2.75) is 6.36 Å². The molecule has 0 N–H and O–H groups in total. The number of halogens is 3. The second-order valence-corrected chi connectivity index (χ2v) is 1.78. The molecule has 0 aliphatic carbocycles. The Morgan fingerprint density at radius 1 is 1.17 bits per heavy atom. The molecule has 0 heterocycles. The summed E-state index contributed by atoms with van der Waals surface area (Å²) in [6, 6.07) is 7.64. The minimum Gasteiger partial charge on any atom is -0.432 e. The maximum Gasteiger partial charge on any atom is 0.571 e. The van der Waals surface area contributed by atoms with Crippen LogP contribution in [0.5, 0.6) is 5.75 Å². The predicted molar refractivity (Wildman–Crippen MR) is 32.0 cm³/mol. The van der Waals surface area contributed by atoms with Gasteiger partial charge in [0, 0.05) is 31.6 Å². The largest absolute Gasteiger partial charge is 0.571 e. The summed E-state index contributed by atoms with van der Waals surface area (Å²) in [4.78, 5) is 0. The summed E-state index contributed by atoms with van der Waals surface area (Å²) < 4.78 is 38.1. The number of hydrogen-bond acceptors (Lipinski definition) is 1. The SMILES string of the molecule is FC(F)(F)Oc1cc[c-]cc1.[Sc]. The van der Waals surface area contributed by atoms with Crippen LogP contribution in [0.1, 0.15) is 0 Å². The topological polar surface area (TPSA) is 9.23 Å². The van der Waals surface area contributed by atoms with Crippen LogP contribution in [0.4, 0.5) is 13.2 Å². The third-order valence-corrected chi connectivity index (χ3v) is 0.921. The number of ether oxygens (including phenoxy) is 1. The van der Waals surface area contributed by atoms with Crippen molar-refractivity contribution in [2.75, 3.05) is 0 Å². The van der Waals surface area contributed by atoms with Crippen molar-refractivity contribution in [2.24, 2.45) is 0 Å². The van der Waals surface area contributed by atoms with Crippen LogP contribution in [-0.2, 0) is 25.8 Å². The maximum atomic E-state index is 11.5. The average Bonchev–Trinajstić information content (AvgIpc) is 1.85. The van der Waals surface area contributed by atoms with Crippen LogP contribution in [-0.4, -0.2) is 6.36 Å². The zero-order chi connectivity index (χ0) is 8.32. The van der Waals surface area contributed by atoms with Crippen LogP contribution >= 0.6 is 0 Å². The van der Waals surface area contributed by atoms with Crippen LogP contribution in [0.3, 0.4) is 0 Å². The summed E-state index contributed by atoms with van der Waals surface area (Å²) in [7, 11) is 0. The van der Waals surface area contributed by atoms with E-state index in [1.165, 1.54) is 24.3 Å². The molecule has 0 aliphatic heterocycles. The Balaban J connectivity index is 0.00000121. The molecular formula is C7H4F3OSc-. The fraction of sp³-hybridized carbons (Fsp3) is 0.143. The van der Waals surface area contributed by atoms with Crippen molar-refractivity contribution in [3.05, 3.63) is 30.3 Å². The standard InChI is InChI=1S/C7H4F3O.Sc/c8-7(9,10)11-6-4-2-1-3-5-6;/h2-5H;/q-1;. The quantitative estimate of drug-likeness (QED) is 0.641. The van der Waals surface area contributed by atoms with Crippen molar-refractivity contribution in [3.8, 4) is 5.75 Å². The van der Waals surface area contributed by atoms with Crippen LogP contribution in [0.2, 0.25) is 0 Å². The van der Waals surface area contributed by atoms with Crippen LogP contribution in [0, 0.1) is 6.07 Å². The van der Waals surface area contributed by atoms with Gasteiger partial charge in [-0.3, -0.25) is 0 Å². The van der Waals surface area contributed by atoms with Gasteiger partial charge in [0.25, 0.3) is 0 Å². The molecule has 63 valence electrons. The Labute approximate surface area is 86.3 Å². The zero-order valence-corrected chi connectivity index (χ0v) is 7.73. The van der Waals surface area contributed by atoms with Crippen molar-refractivity contribution < 1.29 is 43.8 Å². The monoisotopic (exact) mass is 206 g/mol. The van der Waals surface area contributed by atoms with Gasteiger partial charge in [0.05, 0.1) is 0 Å². The molecular weight excluding hydrogens is 202 g/mol. The summed E-state index contributed by atoms with van der Waals surface area (Å²) >= 11 is 0. The molecule has 0 fully saturated rings. The molecule has 1 rings (SSSR count). The third kappa shape index (κ3) is 4.54. The summed E-state index contributed by atoms with van der Waals surface area (Å²) in [6.07, 6.45) is -4.61. The second-order valence-electron chi connectivity index (χ2n) is 1.78. The van der Waals surface area contributed by atoms with Crippen LogP contribution < -0.4 is 4.74 Å². The molecule has 0 unspecified atom stereocenters. The molecule has 0 atom stereocenters. The van der Waals surface area contributed by atoms with E-state index in [0.717, 1.165) is 0 Å². The minimum atomic E-state index is -4.61. The van der Waals surface area contributed by atoms with Crippen molar-refractivity contribution in [1.82, 2.24) is 0 Å². The van der Waals surface area contributed by atoms with E-state index in [1.807, 2.05) is 0 Å². The fourth-order valence-corrected chi connectivity index (χ4v) is 0.573. The first-order chi connectivity index (χ1) is 5.08. The van der Waals surface area contributed by atoms with Crippen molar-refractivity contribution >= 4 is 0 Å². The van der Waals surface area contributed by atoms with Crippen LogP contribution in [0.25, 0.3) is 0 Å². The second kappa shape index (κ2) is 4.64. The Hall–Kier alpha value is -0.320. The molecule has 1 aromatic rings. The number of alkyl halides is 3. The third-order valence-electron chi connectivity index (χ3n) is 0.921. The predicted octanol–water partition coefficient (Wildman–Crippen LogP) is 2.38. The van der Waals surface area contributed by atoms with Gasteiger partial charge >= 0.3 is 6.36 Å². The Morgan fingerprint density at radius 3 is 2.08 bits per heavy atom. The van der Waals surface area contributed by atoms with E-state index in [1.54, 1.807) is 0 Å². The molecule has 1 nitrogen and oxygen atoms in total. The number of hydrogen-bond donors (Lipinski definition) is 0. The van der Waals surface area contributed by atoms with Crippen molar-refractivity contribution in [3.63, 3.8) is 0 Å². The van der Waals surface area contributed by atoms with Gasteiger partial charge in [-0.1, -0.05) is 0 Å². The van der Waals surface area contributed by atoms with E-state index in [0.29, 0.717) is 0 Å². The smallest absolute Gasteiger partial charge is 0.432 e. The molecule has 1 aromatic carbocycles. The Morgan fingerprint density at radius 2 is 1.67 bits per heavy atom. The van der Waals surface area contributed by atoms with E-state index < -0.39 is 6.36 Å². The van der Waals surface area contributed by atoms with E-state index in [4.69, 9.17) is 0 Å². The maximum absolute atomic E-state index is 11.5. The van der Waals surface area contributed by atoms with E-state index >= 15 is 0 Å². The first kappa shape index (κ1) is 11.7. The first-order valence-corrected chi connectivity index (χ1v) is 2.80. The van der Waals surface area contributed by atoms with Gasteiger partial charge in [-0.05, 0) is 0 Å². The van der Waals surface area contributed by atoms with Gasteiger partial charge in [-0.15, -0.1) is 25.3 Å². The molecule has 0 bridgehead atoms. The van der Waals surface area contributed by atoms with Crippen molar-refractivity contribution in [1.29, 1.82) is 0 Å². The fourth-order valence-electron chi connectivity index (χ4n) is 0.573. The summed E-state index contributed by atoms with van der Waals surface area (Å²) in [5.41, 5.74) is 0. The molecule has 1 radical (unpaired) electrons. The molecule has 0 saturated carbocycles. The summed E-state index contributed by atoms with van der Waals surface area (Å²) in [5.74, 6) is -0.226. The number of benzene rings is 1. The molecule has 12 heavy (non-hydrogen) atoms. The van der Waals surface area contributed by atoms with Gasteiger partial charge in [0.2, 0.25) is 0 Å². The zero-order valence-electron chi connectivity index (χ0n) is 5.93. The van der Waals surface area contributed by atoms with Gasteiger partial charge in [-0.25, -0.2) is 0 Å². The molecule has 5 heteroatoms. The Bertz CT molecular complexity index is 222. The Kier molecular flexibility index (Phi) is 4.52. The van der Waals surface area contributed by atoms with E-state index in [-0.39, 0.29) is 31.6 Å². The molecule has 0 aliphatic rings. The molecule has 0 aromatic heterocycles. The van der Waals surface area contributed by atoms with Gasteiger partial charge in [0.15, 0.2) is 0 Å². The molecule has 0 amide bonds. The molecule has 0 spiro atoms. The van der Waals surface area contributed by atoms with E-state index in [2.05, 4.69) is 10.8 Å². The normalized spacial score (nSPS) is 10.2. The minimum absolute atomic E-state index is 0. The van der Waals surface area contributed by atoms with Gasteiger partial charge < -0.3 is 4.74 Å². The van der Waals surface area contributed by atoms with Gasteiger partial charge in [-0.2, -0.15) is 18.2 Å². The van der Waals surface area contributed by atoms with Crippen LogP contribution in [0.15, 0.2) is 24.3 Å².